The number of hydrogen-bond donors (Lipinski definition) is 2. The average molecular weight is 148 g/mol. The highest BCUT2D eigenvalue weighted by Crippen LogP contribution is 2.00. The summed E-state index contributed by atoms with van der Waals surface area (Å²) < 4.78 is 0. The molecule has 11 heavy (non-hydrogen) atoms. The zero-order valence-corrected chi connectivity index (χ0v) is 5.47. The fraction of sp³-hybridized carbons (Fsp3) is 0.143. The Hall–Kier alpha value is -1.76. The topological polar surface area (TPSA) is 81.8 Å². The van der Waals surface area contributed by atoms with Crippen molar-refractivity contribution in [3.05, 3.63) is 11.6 Å². The molecule has 0 aliphatic rings. The molecule has 0 aromatic heterocycles. The standard InChI is InChI=1S/C7H4N2O2/c8-3-6(1-2-10)7(4-9)5-11/h3,6,8-9H. The molecule has 0 rings (SSSR count). The minimum absolute atomic E-state index is 0.233. The van der Waals surface area contributed by atoms with E-state index in [4.69, 9.17) is 10.8 Å². The Morgan fingerprint density at radius 1 is 1.45 bits per heavy atom. The van der Waals surface area contributed by atoms with E-state index in [9.17, 15) is 9.59 Å². The molecule has 4 heteroatoms. The Balaban J connectivity index is 4.74. The Kier molecular flexibility index (Phi) is 4.25. The lowest BCUT2D eigenvalue weighted by atomic mass is 10.0. The van der Waals surface area contributed by atoms with Crippen LogP contribution in [0.25, 0.3) is 0 Å². The smallest absolute Gasteiger partial charge is 0.131 e. The predicted molar refractivity (Wildman–Crippen MR) is 38.1 cm³/mol. The first-order valence-electron chi connectivity index (χ1n) is 2.61. The molecule has 54 valence electrons. The van der Waals surface area contributed by atoms with Crippen LogP contribution < -0.4 is 0 Å². The summed E-state index contributed by atoms with van der Waals surface area (Å²) >= 11 is 0. The van der Waals surface area contributed by atoms with Gasteiger partial charge in [-0.1, -0.05) is 0 Å². The molecular formula is C7H4N2O2. The van der Waals surface area contributed by atoms with Crippen LogP contribution >= 0.6 is 0 Å². The third kappa shape index (κ3) is 2.54. The first kappa shape index (κ1) is 9.24. The maximum Gasteiger partial charge on any atom is 0.131 e. The molecule has 2 radical (unpaired) electrons. The second kappa shape index (κ2) is 5.06. The van der Waals surface area contributed by atoms with E-state index in [1.807, 2.05) is 6.08 Å². The van der Waals surface area contributed by atoms with Crippen molar-refractivity contribution in [3.63, 3.8) is 0 Å². The molecule has 0 fully saturated rings. The predicted octanol–water partition coefficient (Wildman–Crippen LogP) is -0.272. The summed E-state index contributed by atoms with van der Waals surface area (Å²) in [6.07, 6.45) is 4.53. The van der Waals surface area contributed by atoms with Crippen LogP contribution in [0.3, 0.4) is 0 Å². The fourth-order valence-electron chi connectivity index (χ4n) is 0.427. The van der Waals surface area contributed by atoms with E-state index in [0.717, 1.165) is 6.21 Å². The van der Waals surface area contributed by atoms with Crippen molar-refractivity contribution in [2.45, 2.75) is 0 Å². The molecule has 0 aromatic rings. The largest absolute Gasteiger partial charge is 0.312 e. The number of nitrogens with one attached hydrogen (secondary N) is 2. The molecule has 0 saturated heterocycles. The zero-order chi connectivity index (χ0) is 8.69. The second-order valence-electron chi connectivity index (χ2n) is 1.53. The van der Waals surface area contributed by atoms with Crippen molar-refractivity contribution in [2.24, 2.45) is 5.92 Å². The van der Waals surface area contributed by atoms with Gasteiger partial charge in [0.15, 0.2) is 0 Å². The highest BCUT2D eigenvalue weighted by molar-refractivity contribution is 5.93. The van der Waals surface area contributed by atoms with Gasteiger partial charge < -0.3 is 5.41 Å². The fourth-order valence-corrected chi connectivity index (χ4v) is 0.427. The van der Waals surface area contributed by atoms with Crippen molar-refractivity contribution in [1.82, 2.24) is 0 Å². The molecular weight excluding hydrogens is 144 g/mol. The van der Waals surface area contributed by atoms with Crippen LogP contribution in [-0.4, -0.2) is 24.3 Å². The van der Waals surface area contributed by atoms with Crippen molar-refractivity contribution in [2.75, 3.05) is 0 Å². The van der Waals surface area contributed by atoms with E-state index < -0.39 is 5.92 Å². The molecule has 0 bridgehead atoms. The van der Waals surface area contributed by atoms with E-state index in [0.29, 0.717) is 0 Å². The third-order valence-corrected chi connectivity index (χ3v) is 0.937. The van der Waals surface area contributed by atoms with Gasteiger partial charge in [-0.05, 0) is 0 Å². The van der Waals surface area contributed by atoms with Crippen LogP contribution in [0, 0.1) is 22.8 Å². The number of rotatable bonds is 4. The van der Waals surface area contributed by atoms with Crippen LogP contribution in [0.15, 0.2) is 5.57 Å². The minimum Gasteiger partial charge on any atom is -0.312 e. The summed E-state index contributed by atoms with van der Waals surface area (Å²) in [6, 6.07) is 0. The molecule has 0 aliphatic heterocycles. The molecule has 1 atom stereocenters. The lowest BCUT2D eigenvalue weighted by Crippen LogP contribution is -2.04. The van der Waals surface area contributed by atoms with Gasteiger partial charge in [-0.25, -0.2) is 9.59 Å². The van der Waals surface area contributed by atoms with E-state index in [-0.39, 0.29) is 5.57 Å². The lowest BCUT2D eigenvalue weighted by Gasteiger charge is -1.95. The molecule has 0 aromatic carbocycles. The maximum atomic E-state index is 9.99. The summed E-state index contributed by atoms with van der Waals surface area (Å²) in [5.74, 6) is 1.71. The Morgan fingerprint density at radius 3 is 2.36 bits per heavy atom. The summed E-state index contributed by atoms with van der Waals surface area (Å²) in [7, 11) is 0. The lowest BCUT2D eigenvalue weighted by molar-refractivity contribution is 0.565. The summed E-state index contributed by atoms with van der Waals surface area (Å²) in [4.78, 5) is 19.7. The van der Waals surface area contributed by atoms with Crippen molar-refractivity contribution >= 4 is 24.3 Å². The van der Waals surface area contributed by atoms with Crippen LogP contribution in [0.1, 0.15) is 0 Å². The zero-order valence-electron chi connectivity index (χ0n) is 5.47. The van der Waals surface area contributed by atoms with E-state index in [1.165, 1.54) is 11.9 Å². The number of allylic oxidation sites excluding steroid dienone is 2. The first-order valence-corrected chi connectivity index (χ1v) is 2.61. The molecule has 0 amide bonds. The first-order chi connectivity index (χ1) is 5.29. The van der Waals surface area contributed by atoms with Crippen LogP contribution in [0.5, 0.6) is 0 Å². The quantitative estimate of drug-likeness (QED) is 0.425. The molecule has 0 spiro atoms. The monoisotopic (exact) mass is 148 g/mol. The average Bonchev–Trinajstić information content (AvgIpc) is 2.05. The van der Waals surface area contributed by atoms with E-state index in [1.54, 1.807) is 6.21 Å². The molecule has 1 unspecified atom stereocenters. The second-order valence-corrected chi connectivity index (χ2v) is 1.53. The van der Waals surface area contributed by atoms with Gasteiger partial charge in [-0.3, -0.25) is 5.41 Å². The number of hydrogen-bond acceptors (Lipinski definition) is 4. The van der Waals surface area contributed by atoms with Crippen molar-refractivity contribution in [1.29, 1.82) is 10.8 Å². The summed E-state index contributed by atoms with van der Waals surface area (Å²) in [6.45, 7) is 0. The Labute approximate surface area is 63.2 Å². The highest BCUT2D eigenvalue weighted by Gasteiger charge is 2.07. The minimum atomic E-state index is -0.942. The molecule has 0 aliphatic carbocycles. The van der Waals surface area contributed by atoms with Gasteiger partial charge in [0.2, 0.25) is 0 Å². The van der Waals surface area contributed by atoms with Gasteiger partial charge >= 0.3 is 0 Å². The molecule has 0 heterocycles. The van der Waals surface area contributed by atoms with Crippen LogP contribution in [-0.2, 0) is 9.59 Å². The van der Waals surface area contributed by atoms with Gasteiger partial charge in [0, 0.05) is 6.21 Å². The normalized spacial score (nSPS) is 10.2. The van der Waals surface area contributed by atoms with Crippen molar-refractivity contribution in [3.8, 4) is 0 Å². The van der Waals surface area contributed by atoms with Crippen LogP contribution in [0.2, 0.25) is 0 Å². The van der Waals surface area contributed by atoms with Gasteiger partial charge in [-0.15, -0.1) is 0 Å². The van der Waals surface area contributed by atoms with Gasteiger partial charge in [-0.2, -0.15) is 0 Å². The molecule has 4 nitrogen and oxygen atoms in total. The van der Waals surface area contributed by atoms with Gasteiger partial charge in [0.1, 0.15) is 11.9 Å². The maximum absolute atomic E-state index is 9.99. The summed E-state index contributed by atoms with van der Waals surface area (Å²) in [5.41, 5.74) is -0.233. The molecule has 2 N–H and O–H groups in total. The van der Waals surface area contributed by atoms with E-state index >= 15 is 0 Å². The Bertz CT molecular complexity index is 258. The third-order valence-electron chi connectivity index (χ3n) is 0.937. The Morgan fingerprint density at radius 2 is 2.09 bits per heavy atom. The molecule has 0 saturated carbocycles. The van der Waals surface area contributed by atoms with E-state index in [2.05, 4.69) is 0 Å². The van der Waals surface area contributed by atoms with Crippen LogP contribution in [0.4, 0.5) is 0 Å². The summed E-state index contributed by atoms with van der Waals surface area (Å²) in [5, 5.41) is 13.3. The number of carbonyl (C=O) groups excluding carboxylic acids is 2. The SMILES string of the molecule is N=[C]C(=C=O)C([C]=C=O)C=N. The highest BCUT2D eigenvalue weighted by atomic mass is 16.1. The van der Waals surface area contributed by atoms with Gasteiger partial charge in [0.05, 0.1) is 23.8 Å². The van der Waals surface area contributed by atoms with Gasteiger partial charge in [0.25, 0.3) is 0 Å². The van der Waals surface area contributed by atoms with Crippen molar-refractivity contribution < 1.29 is 9.59 Å².